The molecule has 0 fully saturated rings. The lowest BCUT2D eigenvalue weighted by atomic mass is 10.0. The Morgan fingerprint density at radius 2 is 2.15 bits per heavy atom. The van der Waals surface area contributed by atoms with Gasteiger partial charge in [-0.3, -0.25) is 0 Å². The summed E-state index contributed by atoms with van der Waals surface area (Å²) >= 11 is 5.73. The molecule has 0 amide bonds. The molecule has 0 radical (unpaired) electrons. The van der Waals surface area contributed by atoms with E-state index in [2.05, 4.69) is 24.4 Å². The third-order valence-corrected chi connectivity index (χ3v) is 2.36. The first-order valence-electron chi connectivity index (χ1n) is 5.23. The number of allylic oxidation sites excluding steroid dienone is 1. The van der Waals surface area contributed by atoms with Crippen molar-refractivity contribution in [1.82, 2.24) is 5.32 Å². The van der Waals surface area contributed by atoms with E-state index in [1.54, 1.807) is 0 Å². The molecule has 0 aromatic rings. The maximum absolute atomic E-state index is 5.73. The highest BCUT2D eigenvalue weighted by Crippen LogP contribution is 2.10. The van der Waals surface area contributed by atoms with Gasteiger partial charge >= 0.3 is 0 Å². The Kier molecular flexibility index (Phi) is 10.1. The molecule has 0 aromatic heterocycles. The van der Waals surface area contributed by atoms with Gasteiger partial charge in [0.1, 0.15) is 0 Å². The smallest absolute Gasteiger partial charge is 0.0226 e. The van der Waals surface area contributed by atoms with Crippen LogP contribution in [0.2, 0.25) is 0 Å². The molecule has 78 valence electrons. The van der Waals surface area contributed by atoms with E-state index in [1.165, 1.54) is 12.8 Å². The molecule has 0 aromatic carbocycles. The Hall–Kier alpha value is -0.0100. The second-order valence-corrected chi connectivity index (χ2v) is 3.74. The fraction of sp³-hybridized carbons (Fsp3) is 0.818. The van der Waals surface area contributed by atoms with Crippen LogP contribution in [0.5, 0.6) is 0 Å². The average Bonchev–Trinajstić information content (AvgIpc) is 2.13. The molecule has 1 atom stereocenters. The number of hydrogen-bond donors (Lipinski definition) is 1. The fourth-order valence-corrected chi connectivity index (χ4v) is 1.71. The molecule has 0 spiro atoms. The number of rotatable bonds is 8. The Balaban J connectivity index is 3.43. The predicted molar refractivity (Wildman–Crippen MR) is 61.4 cm³/mol. The zero-order chi connectivity index (χ0) is 9.94. The van der Waals surface area contributed by atoms with Crippen molar-refractivity contribution in [2.24, 2.45) is 5.92 Å². The molecule has 0 heterocycles. The van der Waals surface area contributed by atoms with Crippen molar-refractivity contribution in [3.05, 3.63) is 12.2 Å². The predicted octanol–water partition coefficient (Wildman–Crippen LogP) is 3.20. The molecule has 2 heteroatoms. The Morgan fingerprint density at radius 3 is 2.69 bits per heavy atom. The van der Waals surface area contributed by atoms with Crippen molar-refractivity contribution in [3.8, 4) is 0 Å². The van der Waals surface area contributed by atoms with Gasteiger partial charge in [-0.05, 0) is 32.2 Å². The summed E-state index contributed by atoms with van der Waals surface area (Å²) in [5.74, 6) is 1.54. The first kappa shape index (κ1) is 13.0. The van der Waals surface area contributed by atoms with Crippen LogP contribution < -0.4 is 5.32 Å². The molecule has 0 aliphatic heterocycles. The van der Waals surface area contributed by atoms with E-state index >= 15 is 0 Å². The first-order chi connectivity index (χ1) is 6.35. The Morgan fingerprint density at radius 1 is 1.38 bits per heavy atom. The van der Waals surface area contributed by atoms with Crippen LogP contribution >= 0.6 is 11.6 Å². The van der Waals surface area contributed by atoms with E-state index < -0.39 is 0 Å². The summed E-state index contributed by atoms with van der Waals surface area (Å²) in [5, 5.41) is 3.41. The van der Waals surface area contributed by atoms with Gasteiger partial charge in [0.05, 0.1) is 0 Å². The summed E-state index contributed by atoms with van der Waals surface area (Å²) in [7, 11) is 0. The van der Waals surface area contributed by atoms with Gasteiger partial charge in [0.25, 0.3) is 0 Å². The number of alkyl halides is 1. The Bertz CT molecular complexity index is 117. The molecule has 0 aliphatic carbocycles. The standard InChI is InChI=1S/C11H22ClN/c1-3-5-9-13-10-11(6-4-2)7-8-12/h3,5,11,13H,4,6-10H2,1-2H3/b5-3+. The largest absolute Gasteiger partial charge is 0.313 e. The topological polar surface area (TPSA) is 12.0 Å². The monoisotopic (exact) mass is 203 g/mol. The van der Waals surface area contributed by atoms with Gasteiger partial charge in [-0.1, -0.05) is 25.5 Å². The molecule has 0 saturated heterocycles. The van der Waals surface area contributed by atoms with Gasteiger partial charge in [-0.2, -0.15) is 0 Å². The summed E-state index contributed by atoms with van der Waals surface area (Å²) in [6.45, 7) is 6.36. The van der Waals surface area contributed by atoms with Crippen LogP contribution in [0.4, 0.5) is 0 Å². The third-order valence-electron chi connectivity index (χ3n) is 2.15. The molecule has 0 aliphatic rings. The molecule has 1 unspecified atom stereocenters. The maximum atomic E-state index is 5.73. The highest BCUT2D eigenvalue weighted by atomic mass is 35.5. The zero-order valence-corrected chi connectivity index (χ0v) is 9.61. The molecule has 0 rings (SSSR count). The highest BCUT2D eigenvalue weighted by Gasteiger charge is 2.05. The van der Waals surface area contributed by atoms with E-state index in [-0.39, 0.29) is 0 Å². The lowest BCUT2D eigenvalue weighted by Gasteiger charge is -2.14. The second-order valence-electron chi connectivity index (χ2n) is 3.36. The summed E-state index contributed by atoms with van der Waals surface area (Å²) in [4.78, 5) is 0. The minimum Gasteiger partial charge on any atom is -0.313 e. The molecule has 1 nitrogen and oxygen atoms in total. The van der Waals surface area contributed by atoms with E-state index in [0.29, 0.717) is 0 Å². The number of halogens is 1. The van der Waals surface area contributed by atoms with Gasteiger partial charge in [0.15, 0.2) is 0 Å². The van der Waals surface area contributed by atoms with Crippen molar-refractivity contribution in [3.63, 3.8) is 0 Å². The lowest BCUT2D eigenvalue weighted by molar-refractivity contribution is 0.440. The van der Waals surface area contributed by atoms with Crippen molar-refractivity contribution in [2.45, 2.75) is 33.1 Å². The fourth-order valence-electron chi connectivity index (χ4n) is 1.40. The van der Waals surface area contributed by atoms with Gasteiger partial charge in [-0.15, -0.1) is 11.6 Å². The van der Waals surface area contributed by atoms with Crippen LogP contribution in [0, 0.1) is 5.92 Å². The van der Waals surface area contributed by atoms with E-state index in [1.807, 2.05) is 6.92 Å². The minimum absolute atomic E-state index is 0.757. The van der Waals surface area contributed by atoms with Crippen LogP contribution in [0.3, 0.4) is 0 Å². The van der Waals surface area contributed by atoms with E-state index in [0.717, 1.165) is 31.3 Å². The summed E-state index contributed by atoms with van der Waals surface area (Å²) in [6, 6.07) is 0. The van der Waals surface area contributed by atoms with E-state index in [4.69, 9.17) is 11.6 Å². The lowest BCUT2D eigenvalue weighted by Crippen LogP contribution is -2.23. The SMILES string of the molecule is C/C=C/CNCC(CCC)CCCl. The van der Waals surface area contributed by atoms with Crippen molar-refractivity contribution < 1.29 is 0 Å². The quantitative estimate of drug-likeness (QED) is 0.363. The summed E-state index contributed by atoms with van der Waals surface area (Å²) < 4.78 is 0. The van der Waals surface area contributed by atoms with Crippen LogP contribution in [-0.4, -0.2) is 19.0 Å². The third kappa shape index (κ3) is 8.32. The van der Waals surface area contributed by atoms with Crippen LogP contribution in [0.15, 0.2) is 12.2 Å². The van der Waals surface area contributed by atoms with Gasteiger partial charge < -0.3 is 5.32 Å². The highest BCUT2D eigenvalue weighted by molar-refractivity contribution is 6.17. The second kappa shape index (κ2) is 10.1. The number of nitrogens with one attached hydrogen (secondary N) is 1. The summed E-state index contributed by atoms with van der Waals surface area (Å²) in [6.07, 6.45) is 7.90. The van der Waals surface area contributed by atoms with Crippen LogP contribution in [0.1, 0.15) is 33.1 Å². The van der Waals surface area contributed by atoms with Crippen LogP contribution in [-0.2, 0) is 0 Å². The average molecular weight is 204 g/mol. The molecular weight excluding hydrogens is 182 g/mol. The zero-order valence-electron chi connectivity index (χ0n) is 8.85. The summed E-state index contributed by atoms with van der Waals surface area (Å²) in [5.41, 5.74) is 0. The van der Waals surface area contributed by atoms with Crippen LogP contribution in [0.25, 0.3) is 0 Å². The maximum Gasteiger partial charge on any atom is 0.0226 e. The van der Waals surface area contributed by atoms with Gasteiger partial charge in [0, 0.05) is 12.4 Å². The number of hydrogen-bond acceptors (Lipinski definition) is 1. The van der Waals surface area contributed by atoms with Crippen molar-refractivity contribution >= 4 is 11.6 Å². The van der Waals surface area contributed by atoms with Gasteiger partial charge in [-0.25, -0.2) is 0 Å². The first-order valence-corrected chi connectivity index (χ1v) is 5.76. The van der Waals surface area contributed by atoms with E-state index in [9.17, 15) is 0 Å². The molecule has 0 saturated carbocycles. The van der Waals surface area contributed by atoms with Gasteiger partial charge in [0.2, 0.25) is 0 Å². The molecule has 0 bridgehead atoms. The minimum atomic E-state index is 0.757. The van der Waals surface area contributed by atoms with Crippen molar-refractivity contribution in [2.75, 3.05) is 19.0 Å². The van der Waals surface area contributed by atoms with Crippen molar-refractivity contribution in [1.29, 1.82) is 0 Å². The Labute approximate surface area is 87.6 Å². The normalized spacial score (nSPS) is 13.8. The molecule has 1 N–H and O–H groups in total. The molecular formula is C11H22ClN. The molecule has 13 heavy (non-hydrogen) atoms.